The summed E-state index contributed by atoms with van der Waals surface area (Å²) >= 11 is 0. The Hall–Kier alpha value is -2.64. The molecule has 27 heavy (non-hydrogen) atoms. The summed E-state index contributed by atoms with van der Waals surface area (Å²) < 4.78 is 16.1. The molecule has 0 aromatic heterocycles. The summed E-state index contributed by atoms with van der Waals surface area (Å²) in [6, 6.07) is 3.74. The van der Waals surface area contributed by atoms with Crippen LogP contribution in [0.2, 0.25) is 0 Å². The van der Waals surface area contributed by atoms with Gasteiger partial charge in [-0.05, 0) is 24.6 Å². The number of hydrogen-bond donors (Lipinski definition) is 3. The van der Waals surface area contributed by atoms with Crippen molar-refractivity contribution in [1.29, 1.82) is 0 Å². The number of rotatable bonds is 10. The molecule has 0 saturated carbocycles. The van der Waals surface area contributed by atoms with Gasteiger partial charge in [0.15, 0.2) is 17.5 Å². The number of nitrogens with one attached hydrogen (secondary N) is 3. The zero-order valence-corrected chi connectivity index (χ0v) is 17.1. The van der Waals surface area contributed by atoms with Crippen molar-refractivity contribution in [3.63, 3.8) is 0 Å². The predicted octanol–water partition coefficient (Wildman–Crippen LogP) is 1.54. The summed E-state index contributed by atoms with van der Waals surface area (Å²) in [6.07, 6.45) is 0. The number of ether oxygens (including phenoxy) is 3. The van der Waals surface area contributed by atoms with Crippen LogP contribution in [0.1, 0.15) is 26.3 Å². The van der Waals surface area contributed by atoms with Gasteiger partial charge < -0.3 is 30.2 Å². The fourth-order valence-electron chi connectivity index (χ4n) is 2.31. The van der Waals surface area contributed by atoms with Crippen molar-refractivity contribution in [3.05, 3.63) is 17.7 Å². The molecule has 152 valence electrons. The van der Waals surface area contributed by atoms with Crippen molar-refractivity contribution >= 4 is 11.9 Å². The van der Waals surface area contributed by atoms with Crippen molar-refractivity contribution in [2.45, 2.75) is 27.3 Å². The van der Waals surface area contributed by atoms with E-state index in [4.69, 9.17) is 14.2 Å². The second-order valence-electron chi connectivity index (χ2n) is 6.10. The Morgan fingerprint density at radius 2 is 1.59 bits per heavy atom. The summed E-state index contributed by atoms with van der Waals surface area (Å²) in [4.78, 5) is 16.1. The number of hydrogen-bond acceptors (Lipinski definition) is 5. The first kappa shape index (κ1) is 22.4. The molecule has 8 nitrogen and oxygen atoms in total. The fraction of sp³-hybridized carbons (Fsp3) is 0.579. The molecule has 0 fully saturated rings. The number of carbonyl (C=O) groups excluding carboxylic acids is 1. The van der Waals surface area contributed by atoms with Crippen molar-refractivity contribution in [2.75, 3.05) is 41.0 Å². The van der Waals surface area contributed by atoms with Crippen molar-refractivity contribution in [3.8, 4) is 17.2 Å². The normalized spacial score (nSPS) is 11.1. The third-order valence-corrected chi connectivity index (χ3v) is 3.73. The minimum atomic E-state index is -0.0214. The van der Waals surface area contributed by atoms with E-state index in [9.17, 15) is 4.79 Å². The molecule has 0 unspecified atom stereocenters. The summed E-state index contributed by atoms with van der Waals surface area (Å²) in [6.45, 7) is 8.02. The lowest BCUT2D eigenvalue weighted by molar-refractivity contribution is -0.123. The van der Waals surface area contributed by atoms with Crippen LogP contribution >= 0.6 is 0 Å². The summed E-state index contributed by atoms with van der Waals surface area (Å²) in [5.41, 5.74) is 0.926. The number of carbonyl (C=O) groups is 1. The Labute approximate surface area is 161 Å². The van der Waals surface area contributed by atoms with Gasteiger partial charge in [0.05, 0.1) is 27.9 Å². The fourth-order valence-corrected chi connectivity index (χ4v) is 2.31. The summed E-state index contributed by atoms with van der Waals surface area (Å²) in [7, 11) is 4.74. The number of nitrogens with zero attached hydrogens (tertiary/aromatic N) is 1. The number of aliphatic imine (C=N–C) groups is 1. The lowest BCUT2D eigenvalue weighted by Gasteiger charge is -2.15. The van der Waals surface area contributed by atoms with E-state index < -0.39 is 0 Å². The first-order valence-electron chi connectivity index (χ1n) is 9.05. The highest BCUT2D eigenvalue weighted by atomic mass is 16.5. The third-order valence-electron chi connectivity index (χ3n) is 3.73. The number of benzene rings is 1. The Kier molecular flexibility index (Phi) is 9.85. The topological polar surface area (TPSA) is 93.2 Å². The van der Waals surface area contributed by atoms with Crippen LogP contribution in [0.15, 0.2) is 17.1 Å². The maximum absolute atomic E-state index is 11.6. The van der Waals surface area contributed by atoms with E-state index in [0.29, 0.717) is 42.8 Å². The molecule has 0 saturated heterocycles. The zero-order valence-electron chi connectivity index (χ0n) is 17.1. The first-order chi connectivity index (χ1) is 13.0. The van der Waals surface area contributed by atoms with E-state index in [1.54, 1.807) is 21.3 Å². The molecule has 1 amide bonds. The molecule has 0 aliphatic carbocycles. The highest BCUT2D eigenvalue weighted by molar-refractivity contribution is 5.80. The minimum Gasteiger partial charge on any atom is -0.493 e. The highest BCUT2D eigenvalue weighted by Gasteiger charge is 2.13. The molecule has 1 aromatic carbocycles. The van der Waals surface area contributed by atoms with E-state index in [1.807, 2.05) is 32.9 Å². The van der Waals surface area contributed by atoms with Crippen LogP contribution in [0, 0.1) is 5.92 Å². The molecule has 0 aliphatic heterocycles. The molecule has 0 radical (unpaired) electrons. The van der Waals surface area contributed by atoms with Gasteiger partial charge in [0, 0.05) is 25.6 Å². The van der Waals surface area contributed by atoms with Gasteiger partial charge in [-0.15, -0.1) is 0 Å². The van der Waals surface area contributed by atoms with Crippen LogP contribution in [0.4, 0.5) is 0 Å². The Morgan fingerprint density at radius 3 is 2.07 bits per heavy atom. The van der Waals surface area contributed by atoms with Gasteiger partial charge in [-0.2, -0.15) is 0 Å². The lowest BCUT2D eigenvalue weighted by atomic mass is 10.2. The Morgan fingerprint density at radius 1 is 1.00 bits per heavy atom. The van der Waals surface area contributed by atoms with E-state index in [2.05, 4.69) is 20.9 Å². The van der Waals surface area contributed by atoms with Crippen LogP contribution < -0.4 is 30.2 Å². The average Bonchev–Trinajstić information content (AvgIpc) is 2.67. The number of methoxy groups -OCH3 is 3. The quantitative estimate of drug-likeness (QED) is 0.324. The molecule has 3 N–H and O–H groups in total. The molecule has 0 spiro atoms. The largest absolute Gasteiger partial charge is 0.493 e. The second kappa shape index (κ2) is 11.9. The van der Waals surface area contributed by atoms with E-state index in [-0.39, 0.29) is 11.8 Å². The van der Waals surface area contributed by atoms with Gasteiger partial charge in [0.25, 0.3) is 0 Å². The molecule has 0 heterocycles. The van der Waals surface area contributed by atoms with Crippen LogP contribution in [-0.4, -0.2) is 52.8 Å². The smallest absolute Gasteiger partial charge is 0.222 e. The monoisotopic (exact) mass is 380 g/mol. The third kappa shape index (κ3) is 7.24. The van der Waals surface area contributed by atoms with Gasteiger partial charge in [-0.25, -0.2) is 4.99 Å². The molecule has 1 aromatic rings. The van der Waals surface area contributed by atoms with Gasteiger partial charge >= 0.3 is 0 Å². The number of guanidine groups is 1. The molecule has 1 rings (SSSR count). The van der Waals surface area contributed by atoms with Gasteiger partial charge in [-0.3, -0.25) is 4.79 Å². The highest BCUT2D eigenvalue weighted by Crippen LogP contribution is 2.38. The standard InChI is InChI=1S/C19H32N4O4/c1-7-20-19(22-9-8-21-18(24)13(2)3)23-12-14-10-15(25-4)17(27-6)16(11-14)26-5/h10-11,13H,7-9,12H2,1-6H3,(H,21,24)(H2,20,22,23). The molecule has 0 aliphatic rings. The van der Waals surface area contributed by atoms with E-state index >= 15 is 0 Å². The molecular formula is C19H32N4O4. The van der Waals surface area contributed by atoms with Crippen molar-refractivity contribution in [2.24, 2.45) is 10.9 Å². The van der Waals surface area contributed by atoms with Crippen LogP contribution in [-0.2, 0) is 11.3 Å². The maximum atomic E-state index is 11.6. The molecule has 0 bridgehead atoms. The van der Waals surface area contributed by atoms with Crippen molar-refractivity contribution < 1.29 is 19.0 Å². The van der Waals surface area contributed by atoms with Gasteiger partial charge in [0.2, 0.25) is 11.7 Å². The minimum absolute atomic E-state index is 0.0214. The molecule has 0 atom stereocenters. The maximum Gasteiger partial charge on any atom is 0.222 e. The SMILES string of the molecule is CCNC(=NCc1cc(OC)c(OC)c(OC)c1)NCCNC(=O)C(C)C. The average molecular weight is 380 g/mol. The van der Waals surface area contributed by atoms with Crippen LogP contribution in [0.5, 0.6) is 17.2 Å². The van der Waals surface area contributed by atoms with Crippen molar-refractivity contribution in [1.82, 2.24) is 16.0 Å². The van der Waals surface area contributed by atoms with Crippen LogP contribution in [0.25, 0.3) is 0 Å². The van der Waals surface area contributed by atoms with Gasteiger partial charge in [-0.1, -0.05) is 13.8 Å². The predicted molar refractivity (Wildman–Crippen MR) is 107 cm³/mol. The van der Waals surface area contributed by atoms with E-state index in [0.717, 1.165) is 12.1 Å². The number of amides is 1. The van der Waals surface area contributed by atoms with Crippen LogP contribution in [0.3, 0.4) is 0 Å². The lowest BCUT2D eigenvalue weighted by Crippen LogP contribution is -2.42. The Bertz CT molecular complexity index is 607. The zero-order chi connectivity index (χ0) is 20.2. The van der Waals surface area contributed by atoms with Gasteiger partial charge in [0.1, 0.15) is 0 Å². The first-order valence-corrected chi connectivity index (χ1v) is 9.05. The Balaban J connectivity index is 2.75. The molecule has 8 heteroatoms. The molecular weight excluding hydrogens is 348 g/mol. The second-order valence-corrected chi connectivity index (χ2v) is 6.10. The summed E-state index contributed by atoms with van der Waals surface area (Å²) in [5.74, 6) is 2.43. The van der Waals surface area contributed by atoms with E-state index in [1.165, 1.54) is 0 Å². The summed E-state index contributed by atoms with van der Waals surface area (Å²) in [5, 5.41) is 9.25.